The smallest absolute Gasteiger partial charge is 0.410 e. The van der Waals surface area contributed by atoms with Gasteiger partial charge in [-0.3, -0.25) is 10.1 Å². The molecule has 1 saturated heterocycles. The van der Waals surface area contributed by atoms with E-state index in [1.54, 1.807) is 11.0 Å². The highest BCUT2D eigenvalue weighted by molar-refractivity contribution is 5.68. The fourth-order valence-electron chi connectivity index (χ4n) is 2.70. The van der Waals surface area contributed by atoms with Crippen molar-refractivity contribution in [1.82, 2.24) is 4.90 Å². The molecule has 1 amide bonds. The van der Waals surface area contributed by atoms with Gasteiger partial charge >= 0.3 is 6.09 Å². The van der Waals surface area contributed by atoms with Crippen molar-refractivity contribution < 1.29 is 14.5 Å². The van der Waals surface area contributed by atoms with Crippen LogP contribution in [0.4, 0.5) is 10.5 Å². The Balaban J connectivity index is 2.01. The molecule has 0 saturated carbocycles. The van der Waals surface area contributed by atoms with Gasteiger partial charge in [0, 0.05) is 24.7 Å². The SMILES string of the molecule is CC(C)(C)OC(=O)N1CCC(c2ccccc2[N+](=O)[O-])CC1. The minimum absolute atomic E-state index is 0.111. The first-order valence-corrected chi connectivity index (χ1v) is 7.49. The van der Waals surface area contributed by atoms with E-state index in [2.05, 4.69) is 0 Å². The van der Waals surface area contributed by atoms with Gasteiger partial charge in [-0.2, -0.15) is 0 Å². The Hall–Kier alpha value is -2.11. The van der Waals surface area contributed by atoms with Gasteiger partial charge in [-0.15, -0.1) is 0 Å². The zero-order valence-electron chi connectivity index (χ0n) is 13.2. The van der Waals surface area contributed by atoms with Gasteiger partial charge in [-0.25, -0.2) is 4.79 Å². The van der Waals surface area contributed by atoms with Crippen LogP contribution in [-0.2, 0) is 4.74 Å². The first-order chi connectivity index (χ1) is 10.3. The number of para-hydroxylation sites is 1. The van der Waals surface area contributed by atoms with Gasteiger partial charge in [0.15, 0.2) is 0 Å². The van der Waals surface area contributed by atoms with Gasteiger partial charge < -0.3 is 9.64 Å². The van der Waals surface area contributed by atoms with Crippen molar-refractivity contribution in [2.24, 2.45) is 0 Å². The summed E-state index contributed by atoms with van der Waals surface area (Å²) in [5.74, 6) is 0.111. The standard InChI is InChI=1S/C16H22N2O4/c1-16(2,3)22-15(19)17-10-8-12(9-11-17)13-6-4-5-7-14(13)18(20)21/h4-7,12H,8-11H2,1-3H3. The molecule has 1 fully saturated rings. The van der Waals surface area contributed by atoms with Gasteiger partial charge in [0.25, 0.3) is 5.69 Å². The average molecular weight is 306 g/mol. The molecule has 1 aliphatic rings. The molecule has 6 heteroatoms. The summed E-state index contributed by atoms with van der Waals surface area (Å²) in [6.07, 6.45) is 1.11. The second kappa shape index (κ2) is 6.34. The van der Waals surface area contributed by atoms with Crippen molar-refractivity contribution >= 4 is 11.8 Å². The second-order valence-corrected chi connectivity index (χ2v) is 6.56. The molecule has 0 radical (unpaired) electrons. The molecule has 0 bridgehead atoms. The van der Waals surface area contributed by atoms with Crippen LogP contribution >= 0.6 is 0 Å². The van der Waals surface area contributed by atoms with E-state index in [9.17, 15) is 14.9 Å². The zero-order valence-corrected chi connectivity index (χ0v) is 13.2. The van der Waals surface area contributed by atoms with Crippen molar-refractivity contribution in [3.63, 3.8) is 0 Å². The van der Waals surface area contributed by atoms with Crippen LogP contribution in [0.2, 0.25) is 0 Å². The van der Waals surface area contributed by atoms with Gasteiger partial charge in [0.2, 0.25) is 0 Å². The highest BCUT2D eigenvalue weighted by atomic mass is 16.6. The number of ether oxygens (including phenoxy) is 1. The normalized spacial score (nSPS) is 16.4. The largest absolute Gasteiger partial charge is 0.444 e. The predicted molar refractivity (Wildman–Crippen MR) is 82.9 cm³/mol. The van der Waals surface area contributed by atoms with Gasteiger partial charge in [0.05, 0.1) is 4.92 Å². The number of nitro groups is 1. The third kappa shape index (κ3) is 3.96. The Labute approximate surface area is 130 Å². The molecule has 0 N–H and O–H groups in total. The molecule has 0 spiro atoms. The maximum Gasteiger partial charge on any atom is 0.410 e. The Morgan fingerprint density at radius 3 is 2.41 bits per heavy atom. The van der Waals surface area contributed by atoms with Gasteiger partial charge in [-0.1, -0.05) is 18.2 Å². The summed E-state index contributed by atoms with van der Waals surface area (Å²) in [4.78, 5) is 24.5. The zero-order chi connectivity index (χ0) is 16.3. The van der Waals surface area contributed by atoms with Crippen molar-refractivity contribution in [1.29, 1.82) is 0 Å². The Kier molecular flexibility index (Phi) is 4.68. The monoisotopic (exact) mass is 306 g/mol. The fourth-order valence-corrected chi connectivity index (χ4v) is 2.70. The predicted octanol–water partition coefficient (Wildman–Crippen LogP) is 3.71. The third-order valence-electron chi connectivity index (χ3n) is 3.72. The van der Waals surface area contributed by atoms with Crippen molar-refractivity contribution in [3.05, 3.63) is 39.9 Å². The molecule has 1 heterocycles. The molecule has 6 nitrogen and oxygen atoms in total. The molecule has 1 aromatic carbocycles. The molecular formula is C16H22N2O4. The maximum absolute atomic E-state index is 12.0. The molecule has 0 aliphatic carbocycles. The summed E-state index contributed by atoms with van der Waals surface area (Å²) in [6, 6.07) is 6.85. The van der Waals surface area contributed by atoms with E-state index in [1.807, 2.05) is 32.9 Å². The number of carbonyl (C=O) groups excluding carboxylic acids is 1. The summed E-state index contributed by atoms with van der Waals surface area (Å²) >= 11 is 0. The number of likely N-dealkylation sites (tertiary alicyclic amines) is 1. The Bertz CT molecular complexity index is 558. The Morgan fingerprint density at radius 2 is 1.86 bits per heavy atom. The summed E-state index contributed by atoms with van der Waals surface area (Å²) in [5, 5.41) is 11.1. The van der Waals surface area contributed by atoms with Crippen LogP contribution in [0.15, 0.2) is 24.3 Å². The van der Waals surface area contributed by atoms with Crippen LogP contribution in [-0.4, -0.2) is 34.6 Å². The van der Waals surface area contributed by atoms with E-state index in [4.69, 9.17) is 4.74 Å². The summed E-state index contributed by atoms with van der Waals surface area (Å²) in [7, 11) is 0. The molecule has 0 atom stereocenters. The van der Waals surface area contributed by atoms with Gasteiger partial charge in [-0.05, 0) is 39.5 Å². The number of hydrogen-bond donors (Lipinski definition) is 0. The van der Waals surface area contributed by atoms with E-state index >= 15 is 0 Å². The number of amides is 1. The average Bonchev–Trinajstić information content (AvgIpc) is 2.45. The molecule has 120 valence electrons. The van der Waals surface area contributed by atoms with Gasteiger partial charge in [0.1, 0.15) is 5.60 Å². The number of piperidine rings is 1. The van der Waals surface area contributed by atoms with Crippen molar-refractivity contribution in [3.8, 4) is 0 Å². The lowest BCUT2D eigenvalue weighted by Crippen LogP contribution is -2.41. The van der Waals surface area contributed by atoms with Crippen LogP contribution in [0, 0.1) is 10.1 Å². The number of nitro benzene ring substituents is 1. The molecule has 0 unspecified atom stereocenters. The van der Waals surface area contributed by atoms with Crippen LogP contribution in [0.25, 0.3) is 0 Å². The minimum atomic E-state index is -0.508. The van der Waals surface area contributed by atoms with E-state index in [0.29, 0.717) is 25.9 Å². The topological polar surface area (TPSA) is 72.7 Å². The fraction of sp³-hybridized carbons (Fsp3) is 0.562. The van der Waals surface area contributed by atoms with Crippen LogP contribution < -0.4 is 0 Å². The lowest BCUT2D eigenvalue weighted by atomic mass is 9.88. The summed E-state index contributed by atoms with van der Waals surface area (Å²) < 4.78 is 5.36. The number of rotatable bonds is 2. The van der Waals surface area contributed by atoms with E-state index in [1.165, 1.54) is 6.07 Å². The number of hydrogen-bond acceptors (Lipinski definition) is 4. The first-order valence-electron chi connectivity index (χ1n) is 7.49. The molecule has 2 rings (SSSR count). The van der Waals surface area contributed by atoms with E-state index in [0.717, 1.165) is 5.56 Å². The lowest BCUT2D eigenvalue weighted by molar-refractivity contribution is -0.385. The lowest BCUT2D eigenvalue weighted by Gasteiger charge is -2.33. The highest BCUT2D eigenvalue weighted by Gasteiger charge is 2.30. The molecule has 0 aromatic heterocycles. The highest BCUT2D eigenvalue weighted by Crippen LogP contribution is 2.34. The van der Waals surface area contributed by atoms with E-state index in [-0.39, 0.29) is 22.6 Å². The van der Waals surface area contributed by atoms with Crippen molar-refractivity contribution in [2.75, 3.05) is 13.1 Å². The van der Waals surface area contributed by atoms with Crippen molar-refractivity contribution in [2.45, 2.75) is 45.1 Å². The third-order valence-corrected chi connectivity index (χ3v) is 3.72. The minimum Gasteiger partial charge on any atom is -0.444 e. The first kappa shape index (κ1) is 16.3. The molecular weight excluding hydrogens is 284 g/mol. The second-order valence-electron chi connectivity index (χ2n) is 6.56. The summed E-state index contributed by atoms with van der Waals surface area (Å²) in [5.41, 5.74) is 0.418. The molecule has 1 aromatic rings. The molecule has 22 heavy (non-hydrogen) atoms. The Morgan fingerprint density at radius 1 is 1.27 bits per heavy atom. The quantitative estimate of drug-likeness (QED) is 0.616. The number of benzene rings is 1. The summed E-state index contributed by atoms with van der Waals surface area (Å²) in [6.45, 7) is 6.64. The maximum atomic E-state index is 12.0. The number of nitrogens with zero attached hydrogens (tertiary/aromatic N) is 2. The van der Waals surface area contributed by atoms with Crippen LogP contribution in [0.5, 0.6) is 0 Å². The molecule has 1 aliphatic heterocycles. The van der Waals surface area contributed by atoms with Crippen LogP contribution in [0.1, 0.15) is 45.1 Å². The van der Waals surface area contributed by atoms with Crippen LogP contribution in [0.3, 0.4) is 0 Å². The number of carbonyl (C=O) groups is 1. The van der Waals surface area contributed by atoms with E-state index < -0.39 is 5.60 Å².